The number of aromatic nitrogens is 2. The Kier molecular flexibility index (Phi) is 5.37. The van der Waals surface area contributed by atoms with Crippen molar-refractivity contribution in [1.82, 2.24) is 4.57 Å². The maximum absolute atomic E-state index is 10.4. The van der Waals surface area contributed by atoms with Crippen LogP contribution in [0.15, 0.2) is 42.5 Å². The molecule has 0 fully saturated rings. The second-order valence-corrected chi connectivity index (χ2v) is 6.58. The van der Waals surface area contributed by atoms with E-state index in [-0.39, 0.29) is 6.61 Å². The van der Waals surface area contributed by atoms with Gasteiger partial charge >= 0.3 is 5.95 Å². The van der Waals surface area contributed by atoms with E-state index in [1.807, 2.05) is 40.3 Å². The molecule has 3 aromatic rings. The van der Waals surface area contributed by atoms with Crippen LogP contribution in [0.5, 0.6) is 5.75 Å². The third-order valence-corrected chi connectivity index (χ3v) is 4.58. The van der Waals surface area contributed by atoms with E-state index >= 15 is 0 Å². The quantitative estimate of drug-likeness (QED) is 0.644. The van der Waals surface area contributed by atoms with E-state index in [9.17, 15) is 5.11 Å². The highest BCUT2D eigenvalue weighted by Gasteiger charge is 2.22. The number of aliphatic hydroxyl groups is 1. The molecule has 3 N–H and O–H groups in total. The van der Waals surface area contributed by atoms with Crippen LogP contribution < -0.4 is 15.0 Å². The molecule has 2 aromatic carbocycles. The predicted octanol–water partition coefficient (Wildman–Crippen LogP) is 3.28. The number of nitrogens with two attached hydrogens (primary N) is 1. The van der Waals surface area contributed by atoms with Crippen LogP contribution in [0.1, 0.15) is 6.92 Å². The second kappa shape index (κ2) is 7.52. The van der Waals surface area contributed by atoms with E-state index in [2.05, 4.69) is 0 Å². The molecule has 0 saturated carbocycles. The van der Waals surface area contributed by atoms with Crippen molar-refractivity contribution in [3.8, 4) is 5.75 Å². The van der Waals surface area contributed by atoms with Crippen molar-refractivity contribution >= 4 is 40.2 Å². The largest absolute Gasteiger partial charge is 0.489 e. The predicted molar refractivity (Wildman–Crippen MR) is 100 cm³/mol. The summed E-state index contributed by atoms with van der Waals surface area (Å²) in [6.07, 6.45) is -0.741. The molecule has 0 aliphatic carbocycles. The van der Waals surface area contributed by atoms with E-state index in [1.165, 1.54) is 0 Å². The summed E-state index contributed by atoms with van der Waals surface area (Å²) in [5.74, 6) is 1.09. The highest BCUT2D eigenvalue weighted by Crippen LogP contribution is 2.27. The summed E-state index contributed by atoms with van der Waals surface area (Å²) < 4.78 is 9.52. The molecule has 3 rings (SSSR count). The summed E-state index contributed by atoms with van der Waals surface area (Å²) in [5, 5.41) is 11.3. The molecule has 7 heteroatoms. The van der Waals surface area contributed by atoms with E-state index in [1.54, 1.807) is 18.2 Å². The van der Waals surface area contributed by atoms with Gasteiger partial charge in [0.25, 0.3) is 0 Å². The molecule has 0 aliphatic rings. The summed E-state index contributed by atoms with van der Waals surface area (Å²) in [4.78, 5) is 0. The van der Waals surface area contributed by atoms with Gasteiger partial charge in [0, 0.05) is 5.02 Å². The average Bonchev–Trinajstić information content (AvgIpc) is 2.86. The normalized spacial score (nSPS) is 12.5. The van der Waals surface area contributed by atoms with Crippen molar-refractivity contribution in [1.29, 1.82) is 0 Å². The molecule has 0 unspecified atom stereocenters. The number of rotatable bonds is 6. The number of benzene rings is 2. The molecule has 1 heterocycles. The molecule has 0 saturated heterocycles. The molecule has 0 amide bonds. The van der Waals surface area contributed by atoms with Gasteiger partial charge in [-0.3, -0.25) is 5.73 Å². The zero-order chi connectivity index (χ0) is 18.0. The number of hydrogen-bond acceptors (Lipinski definition) is 3. The van der Waals surface area contributed by atoms with Crippen LogP contribution in [-0.2, 0) is 13.1 Å². The molecule has 0 radical (unpaired) electrons. The second-order valence-electron chi connectivity index (χ2n) is 5.74. The number of ether oxygens (including phenoxy) is 1. The van der Waals surface area contributed by atoms with E-state index in [4.69, 9.17) is 33.7 Å². The van der Waals surface area contributed by atoms with Crippen LogP contribution in [0, 0.1) is 0 Å². The number of hydrogen-bond donors (Lipinski definition) is 2. The number of anilines is 1. The number of aryl methyl sites for hydroxylation is 1. The van der Waals surface area contributed by atoms with E-state index in [0.29, 0.717) is 28.3 Å². The Balaban J connectivity index is 1.76. The Morgan fingerprint density at radius 3 is 2.72 bits per heavy atom. The maximum Gasteiger partial charge on any atom is 0.356 e. The third kappa shape index (κ3) is 3.68. The number of nitrogen functional groups attached to an aromatic ring is 1. The van der Waals surface area contributed by atoms with Gasteiger partial charge in [-0.2, -0.15) is 0 Å². The fourth-order valence-electron chi connectivity index (χ4n) is 2.88. The summed E-state index contributed by atoms with van der Waals surface area (Å²) in [6, 6.07) is 12.9. The van der Waals surface area contributed by atoms with Crippen molar-refractivity contribution < 1.29 is 14.4 Å². The average molecular weight is 381 g/mol. The molecular weight excluding hydrogens is 361 g/mol. The Labute approximate surface area is 156 Å². The number of imidazole rings is 1. The molecule has 0 aliphatic heterocycles. The number of aliphatic hydroxyl groups excluding tert-OH is 1. The molecule has 0 spiro atoms. The molecule has 132 valence electrons. The van der Waals surface area contributed by atoms with Gasteiger partial charge in [-0.1, -0.05) is 35.3 Å². The van der Waals surface area contributed by atoms with Gasteiger partial charge in [0.1, 0.15) is 36.0 Å². The highest BCUT2D eigenvalue weighted by molar-refractivity contribution is 6.35. The van der Waals surface area contributed by atoms with Gasteiger partial charge in [0.2, 0.25) is 0 Å². The maximum atomic E-state index is 10.4. The van der Waals surface area contributed by atoms with Gasteiger partial charge in [0.15, 0.2) is 0 Å². The topological polar surface area (TPSA) is 64.3 Å². The summed E-state index contributed by atoms with van der Waals surface area (Å²) in [5.41, 5.74) is 8.28. The summed E-state index contributed by atoms with van der Waals surface area (Å²) in [7, 11) is 0. The lowest BCUT2D eigenvalue weighted by Crippen LogP contribution is -2.43. The Morgan fingerprint density at radius 1 is 1.24 bits per heavy atom. The van der Waals surface area contributed by atoms with Crippen molar-refractivity contribution in [2.75, 3.05) is 12.3 Å². The standard InChI is InChI=1S/C18H19Cl2N3O2/c1-2-22-15-5-3-4-6-16(15)23(18(22)21)10-13(24)11-25-17-8-7-12(19)9-14(17)20/h3-9,13,21,24H,2,10-11H2,1H3/p+1/t13-/m1/s1. The first-order valence-corrected chi connectivity index (χ1v) is 8.79. The van der Waals surface area contributed by atoms with Crippen LogP contribution in [0.25, 0.3) is 11.0 Å². The number of para-hydroxylation sites is 2. The van der Waals surface area contributed by atoms with Crippen molar-refractivity contribution in [3.63, 3.8) is 0 Å². The summed E-state index contributed by atoms with van der Waals surface area (Å²) in [6.45, 7) is 3.21. The lowest BCUT2D eigenvalue weighted by atomic mass is 10.3. The lowest BCUT2D eigenvalue weighted by Gasteiger charge is -2.13. The lowest BCUT2D eigenvalue weighted by molar-refractivity contribution is -0.665. The summed E-state index contributed by atoms with van der Waals surface area (Å²) >= 11 is 11.9. The smallest absolute Gasteiger partial charge is 0.356 e. The SMILES string of the molecule is CCn1c(N)[n+](C[C@@H](O)COc2ccc(Cl)cc2Cl)c2ccccc21. The first-order chi connectivity index (χ1) is 12.0. The zero-order valence-electron chi connectivity index (χ0n) is 13.8. The Morgan fingerprint density at radius 2 is 2.00 bits per heavy atom. The number of fused-ring (bicyclic) bond motifs is 1. The van der Waals surface area contributed by atoms with E-state index in [0.717, 1.165) is 17.6 Å². The van der Waals surface area contributed by atoms with Gasteiger partial charge in [-0.25, -0.2) is 9.13 Å². The zero-order valence-corrected chi connectivity index (χ0v) is 15.3. The first kappa shape index (κ1) is 17.9. The molecule has 25 heavy (non-hydrogen) atoms. The first-order valence-electron chi connectivity index (χ1n) is 8.03. The van der Waals surface area contributed by atoms with Crippen LogP contribution >= 0.6 is 23.2 Å². The molecular formula is C18H20Cl2N3O2+. The minimum atomic E-state index is -0.741. The Hall–Kier alpha value is -1.95. The molecule has 1 atom stereocenters. The van der Waals surface area contributed by atoms with Crippen LogP contribution in [0.2, 0.25) is 10.0 Å². The monoisotopic (exact) mass is 380 g/mol. The fraction of sp³-hybridized carbons (Fsp3) is 0.278. The van der Waals surface area contributed by atoms with Crippen molar-refractivity contribution in [2.24, 2.45) is 0 Å². The minimum Gasteiger partial charge on any atom is -0.489 e. The number of halogens is 2. The number of nitrogens with zero attached hydrogens (tertiary/aromatic N) is 2. The van der Waals surface area contributed by atoms with Crippen LogP contribution in [0.3, 0.4) is 0 Å². The van der Waals surface area contributed by atoms with Crippen LogP contribution in [0.4, 0.5) is 5.95 Å². The molecule has 0 bridgehead atoms. The van der Waals surface area contributed by atoms with Crippen molar-refractivity contribution in [3.05, 3.63) is 52.5 Å². The highest BCUT2D eigenvalue weighted by atomic mass is 35.5. The van der Waals surface area contributed by atoms with Gasteiger partial charge < -0.3 is 9.84 Å². The minimum absolute atomic E-state index is 0.0967. The van der Waals surface area contributed by atoms with Crippen molar-refractivity contribution in [2.45, 2.75) is 26.1 Å². The van der Waals surface area contributed by atoms with Gasteiger partial charge in [-0.15, -0.1) is 0 Å². The molecule has 1 aromatic heterocycles. The van der Waals surface area contributed by atoms with Gasteiger partial charge in [-0.05, 0) is 37.3 Å². The third-order valence-electron chi connectivity index (χ3n) is 4.05. The molecule has 5 nitrogen and oxygen atoms in total. The fourth-order valence-corrected chi connectivity index (χ4v) is 3.34. The van der Waals surface area contributed by atoms with E-state index < -0.39 is 6.10 Å². The Bertz CT molecular complexity index is 895. The van der Waals surface area contributed by atoms with Gasteiger partial charge in [0.05, 0.1) is 11.6 Å². The van der Waals surface area contributed by atoms with Crippen LogP contribution in [-0.4, -0.2) is 22.4 Å².